The van der Waals surface area contributed by atoms with Crippen molar-refractivity contribution in [3.05, 3.63) is 82.7 Å². The molecule has 0 radical (unpaired) electrons. The Balaban J connectivity index is 0.00000380. The van der Waals surface area contributed by atoms with Gasteiger partial charge in [0.1, 0.15) is 11.6 Å². The molecule has 0 unspecified atom stereocenters. The van der Waals surface area contributed by atoms with Gasteiger partial charge in [0.25, 0.3) is 5.91 Å². The SMILES string of the molecule is CC(C)c1c(C(=O)NCc2cccc(F)c2)nn(-c2ccc(F)cc2)c1CC[C@@H](O)C[C@@H](O)CC(=O)O.[H-].[Na+]. The third kappa shape index (κ3) is 8.71. The van der Waals surface area contributed by atoms with E-state index in [2.05, 4.69) is 10.4 Å². The fourth-order valence-electron chi connectivity index (χ4n) is 4.21. The first kappa shape index (κ1) is 31.6. The Morgan fingerprint density at radius 2 is 1.74 bits per heavy atom. The molecule has 3 aromatic rings. The molecule has 200 valence electrons. The van der Waals surface area contributed by atoms with Crippen molar-refractivity contribution in [3.63, 3.8) is 0 Å². The molecule has 1 heterocycles. The van der Waals surface area contributed by atoms with E-state index in [9.17, 15) is 28.6 Å². The van der Waals surface area contributed by atoms with Crippen LogP contribution in [0.25, 0.3) is 5.69 Å². The Hall–Kier alpha value is -2.63. The maximum Gasteiger partial charge on any atom is 1.00 e. The number of rotatable bonds is 12. The van der Waals surface area contributed by atoms with E-state index >= 15 is 0 Å². The van der Waals surface area contributed by atoms with Crippen LogP contribution in [-0.2, 0) is 17.8 Å². The molecule has 2 aromatic carbocycles. The smallest absolute Gasteiger partial charge is 1.00 e. The summed E-state index contributed by atoms with van der Waals surface area (Å²) in [5.41, 5.74) is 2.53. The van der Waals surface area contributed by atoms with Crippen molar-refractivity contribution in [1.82, 2.24) is 15.1 Å². The van der Waals surface area contributed by atoms with Gasteiger partial charge in [-0.15, -0.1) is 0 Å². The summed E-state index contributed by atoms with van der Waals surface area (Å²) in [5.74, 6) is -2.62. The van der Waals surface area contributed by atoms with Crippen LogP contribution in [-0.4, -0.2) is 49.2 Å². The number of carbonyl (C=O) groups excluding carboxylic acids is 1. The van der Waals surface area contributed by atoms with Gasteiger partial charge in [0, 0.05) is 17.8 Å². The number of amides is 1. The van der Waals surface area contributed by atoms with Gasteiger partial charge in [0.2, 0.25) is 0 Å². The number of nitrogens with zero attached hydrogens (tertiary/aromatic N) is 2. The van der Waals surface area contributed by atoms with Gasteiger partial charge in [0.05, 0.1) is 24.3 Å². The molecule has 0 aliphatic carbocycles. The first-order valence-corrected chi connectivity index (χ1v) is 12.0. The van der Waals surface area contributed by atoms with E-state index in [1.165, 1.54) is 41.1 Å². The molecule has 0 fully saturated rings. The average Bonchev–Trinajstić information content (AvgIpc) is 3.21. The summed E-state index contributed by atoms with van der Waals surface area (Å²) >= 11 is 0. The number of nitrogens with one attached hydrogen (secondary N) is 1. The summed E-state index contributed by atoms with van der Waals surface area (Å²) in [6.45, 7) is 3.88. The normalized spacial score (nSPS) is 12.6. The second kappa shape index (κ2) is 14.5. The van der Waals surface area contributed by atoms with Crippen molar-refractivity contribution in [2.75, 3.05) is 0 Å². The average molecular weight is 540 g/mol. The second-order valence-electron chi connectivity index (χ2n) is 9.24. The van der Waals surface area contributed by atoms with Gasteiger partial charge in [0.15, 0.2) is 5.69 Å². The number of carboxylic acid groups (broad SMARTS) is 1. The predicted octanol–water partition coefficient (Wildman–Crippen LogP) is 0.840. The topological polar surface area (TPSA) is 125 Å². The number of aromatic nitrogens is 2. The van der Waals surface area contributed by atoms with Gasteiger partial charge in [-0.25, -0.2) is 13.5 Å². The molecule has 11 heteroatoms. The Kier molecular flexibility index (Phi) is 12.1. The van der Waals surface area contributed by atoms with Crippen molar-refractivity contribution < 1.29 is 64.7 Å². The monoisotopic (exact) mass is 539 g/mol. The van der Waals surface area contributed by atoms with Gasteiger partial charge < -0.3 is 22.1 Å². The second-order valence-corrected chi connectivity index (χ2v) is 9.24. The Labute approximate surface area is 243 Å². The number of carboxylic acids is 1. The zero-order valence-electron chi connectivity index (χ0n) is 22.7. The molecule has 3 rings (SSSR count). The summed E-state index contributed by atoms with van der Waals surface area (Å²) in [7, 11) is 0. The minimum absolute atomic E-state index is 0. The Bertz CT molecular complexity index is 1240. The van der Waals surface area contributed by atoms with E-state index in [-0.39, 0.29) is 68.4 Å². The maximum atomic E-state index is 13.6. The molecule has 38 heavy (non-hydrogen) atoms. The van der Waals surface area contributed by atoms with E-state index < -0.39 is 42.1 Å². The van der Waals surface area contributed by atoms with E-state index in [1.54, 1.807) is 12.1 Å². The fourth-order valence-corrected chi connectivity index (χ4v) is 4.21. The standard InChI is InChI=1S/C27H31F2N3O5.Na.H/c1-16(2)25-23(11-10-21(33)13-22(34)14-24(35)36)32(20-8-6-18(28)7-9-20)31-26(25)27(37)30-15-17-4-3-5-19(29)12-17;;/h3-9,12,16,21-22,33-34H,10-11,13-15H2,1-2H3,(H,30,37)(H,35,36);;/q;+1;-1/t21-,22-;;/m1../s1. The Morgan fingerprint density at radius 1 is 1.05 bits per heavy atom. The number of hydrogen-bond acceptors (Lipinski definition) is 5. The molecule has 0 aliphatic heterocycles. The number of hydrogen-bond donors (Lipinski definition) is 4. The predicted molar refractivity (Wildman–Crippen MR) is 133 cm³/mol. The molecule has 1 amide bonds. The molecule has 2 atom stereocenters. The molecule has 0 spiro atoms. The van der Waals surface area contributed by atoms with Crippen LogP contribution in [0, 0.1) is 11.6 Å². The van der Waals surface area contributed by atoms with E-state index in [1.807, 2.05) is 13.8 Å². The van der Waals surface area contributed by atoms with E-state index in [0.29, 0.717) is 22.5 Å². The van der Waals surface area contributed by atoms with Crippen molar-refractivity contribution in [1.29, 1.82) is 0 Å². The summed E-state index contributed by atoms with van der Waals surface area (Å²) in [6, 6.07) is 11.5. The van der Waals surface area contributed by atoms with E-state index in [4.69, 9.17) is 5.11 Å². The van der Waals surface area contributed by atoms with Crippen molar-refractivity contribution in [2.45, 2.75) is 64.2 Å². The van der Waals surface area contributed by atoms with Crippen molar-refractivity contribution in [3.8, 4) is 5.69 Å². The van der Waals surface area contributed by atoms with Crippen LogP contribution in [0.3, 0.4) is 0 Å². The van der Waals surface area contributed by atoms with Crippen LogP contribution >= 0.6 is 0 Å². The van der Waals surface area contributed by atoms with Crippen LogP contribution in [0.1, 0.15) is 67.8 Å². The summed E-state index contributed by atoms with van der Waals surface area (Å²) in [5, 5.41) is 36.4. The summed E-state index contributed by atoms with van der Waals surface area (Å²) in [6.07, 6.45) is -2.34. The third-order valence-corrected chi connectivity index (χ3v) is 5.90. The molecular formula is C27H32F2N3NaO5. The number of benzene rings is 2. The fraction of sp³-hybridized carbons (Fsp3) is 0.370. The Morgan fingerprint density at radius 3 is 2.34 bits per heavy atom. The van der Waals surface area contributed by atoms with Crippen LogP contribution < -0.4 is 34.9 Å². The van der Waals surface area contributed by atoms with Gasteiger partial charge >= 0.3 is 35.5 Å². The van der Waals surface area contributed by atoms with Gasteiger partial charge in [-0.05, 0) is 67.1 Å². The number of halogens is 2. The molecular weight excluding hydrogens is 507 g/mol. The van der Waals surface area contributed by atoms with Crippen LogP contribution in [0.4, 0.5) is 8.78 Å². The zero-order valence-corrected chi connectivity index (χ0v) is 23.7. The largest absolute Gasteiger partial charge is 1.00 e. The summed E-state index contributed by atoms with van der Waals surface area (Å²) < 4.78 is 28.6. The van der Waals surface area contributed by atoms with Crippen LogP contribution in [0.15, 0.2) is 48.5 Å². The number of aliphatic hydroxyl groups is 2. The van der Waals surface area contributed by atoms with Crippen molar-refractivity contribution in [2.24, 2.45) is 0 Å². The molecule has 0 saturated heterocycles. The molecule has 4 N–H and O–H groups in total. The summed E-state index contributed by atoms with van der Waals surface area (Å²) in [4.78, 5) is 24.0. The molecule has 0 aliphatic rings. The van der Waals surface area contributed by atoms with Gasteiger partial charge in [-0.1, -0.05) is 26.0 Å². The van der Waals surface area contributed by atoms with Crippen LogP contribution in [0.5, 0.6) is 0 Å². The van der Waals surface area contributed by atoms with E-state index in [0.717, 1.165) is 0 Å². The molecule has 0 bridgehead atoms. The first-order valence-electron chi connectivity index (χ1n) is 12.0. The van der Waals surface area contributed by atoms with Gasteiger partial charge in [-0.3, -0.25) is 9.59 Å². The van der Waals surface area contributed by atoms with Crippen molar-refractivity contribution >= 4 is 11.9 Å². The third-order valence-electron chi connectivity index (χ3n) is 5.90. The molecule has 1 aromatic heterocycles. The minimum atomic E-state index is -1.19. The number of aliphatic hydroxyl groups excluding tert-OH is 2. The number of carbonyl (C=O) groups is 2. The minimum Gasteiger partial charge on any atom is -1.00 e. The zero-order chi connectivity index (χ0) is 27.1. The first-order chi connectivity index (χ1) is 17.5. The molecule has 8 nitrogen and oxygen atoms in total. The maximum absolute atomic E-state index is 13.6. The van der Waals surface area contributed by atoms with Crippen LogP contribution in [0.2, 0.25) is 0 Å². The number of aliphatic carboxylic acids is 1. The quantitative estimate of drug-likeness (QED) is 0.253. The van der Waals surface area contributed by atoms with Gasteiger partial charge in [-0.2, -0.15) is 5.10 Å². The molecule has 0 saturated carbocycles.